The van der Waals surface area contributed by atoms with Gasteiger partial charge in [0.05, 0.1) is 6.10 Å². The summed E-state index contributed by atoms with van der Waals surface area (Å²) in [7, 11) is 0. The number of hydrogen-bond acceptors (Lipinski definition) is 3. The van der Waals surface area contributed by atoms with E-state index in [-0.39, 0.29) is 0 Å². The van der Waals surface area contributed by atoms with Gasteiger partial charge >= 0.3 is 0 Å². The Kier molecular flexibility index (Phi) is 5.88. The van der Waals surface area contributed by atoms with E-state index in [0.717, 1.165) is 19.7 Å². The molecule has 0 aromatic heterocycles. The molecule has 2 aliphatic rings. The van der Waals surface area contributed by atoms with E-state index < -0.39 is 0 Å². The summed E-state index contributed by atoms with van der Waals surface area (Å²) in [5, 5.41) is 3.92. The molecule has 0 aromatic rings. The highest BCUT2D eigenvalue weighted by molar-refractivity contribution is 5.00. The highest BCUT2D eigenvalue weighted by atomic mass is 16.5. The zero-order chi connectivity index (χ0) is 14.6. The molecule has 1 saturated heterocycles. The average Bonchev–Trinajstić information content (AvgIpc) is 2.39. The first-order valence-corrected chi connectivity index (χ1v) is 8.67. The van der Waals surface area contributed by atoms with Crippen molar-refractivity contribution in [1.82, 2.24) is 10.2 Å². The number of nitrogens with one attached hydrogen (secondary N) is 1. The van der Waals surface area contributed by atoms with Crippen LogP contribution < -0.4 is 5.32 Å². The lowest BCUT2D eigenvalue weighted by Crippen LogP contribution is -2.66. The van der Waals surface area contributed by atoms with Crippen molar-refractivity contribution < 1.29 is 4.74 Å². The van der Waals surface area contributed by atoms with Gasteiger partial charge in [-0.3, -0.25) is 4.90 Å². The smallest absolute Gasteiger partial charge is 0.0673 e. The molecular weight excluding hydrogens is 248 g/mol. The first kappa shape index (κ1) is 16.3. The molecule has 0 bridgehead atoms. The molecule has 1 saturated carbocycles. The Balaban J connectivity index is 2.01. The maximum absolute atomic E-state index is 5.79. The Morgan fingerprint density at radius 2 is 1.90 bits per heavy atom. The van der Waals surface area contributed by atoms with Crippen molar-refractivity contribution in [3.63, 3.8) is 0 Å². The summed E-state index contributed by atoms with van der Waals surface area (Å²) in [5.41, 5.74) is 0.398. The fourth-order valence-corrected chi connectivity index (χ4v) is 4.10. The first-order valence-electron chi connectivity index (χ1n) is 8.67. The van der Waals surface area contributed by atoms with E-state index in [1.54, 1.807) is 0 Å². The summed E-state index contributed by atoms with van der Waals surface area (Å²) in [6, 6.07) is 0.658. The maximum Gasteiger partial charge on any atom is 0.0673 e. The summed E-state index contributed by atoms with van der Waals surface area (Å²) in [6.07, 6.45) is 7.28. The lowest BCUT2D eigenvalue weighted by molar-refractivity contribution is -0.0134. The standard InChI is InChI=1S/C17H34N2O/c1-5-20-15(4)12-19-13-17(9-7-6-8-10-17)18-11-16(19)14(2)3/h14-16,18H,5-13H2,1-4H3. The van der Waals surface area contributed by atoms with Gasteiger partial charge in [-0.05, 0) is 32.6 Å². The molecule has 1 aliphatic carbocycles. The average molecular weight is 282 g/mol. The number of hydrogen-bond donors (Lipinski definition) is 1. The van der Waals surface area contributed by atoms with E-state index in [4.69, 9.17) is 4.74 Å². The van der Waals surface area contributed by atoms with Crippen molar-refractivity contribution in [2.24, 2.45) is 5.92 Å². The number of piperazine rings is 1. The third-order valence-electron chi connectivity index (χ3n) is 5.18. The highest BCUT2D eigenvalue weighted by Crippen LogP contribution is 2.33. The molecule has 0 amide bonds. The molecular formula is C17H34N2O. The molecule has 2 unspecified atom stereocenters. The SMILES string of the molecule is CCOC(C)CN1CC2(CCCCC2)NCC1C(C)C. The van der Waals surface area contributed by atoms with Crippen LogP contribution in [0.1, 0.15) is 59.8 Å². The molecule has 0 radical (unpaired) electrons. The second-order valence-corrected chi connectivity index (χ2v) is 7.23. The Hall–Kier alpha value is -0.120. The fraction of sp³-hybridized carbons (Fsp3) is 1.00. The predicted octanol–water partition coefficient (Wildman–Crippen LogP) is 3.04. The van der Waals surface area contributed by atoms with Gasteiger partial charge in [0.15, 0.2) is 0 Å². The van der Waals surface area contributed by atoms with Gasteiger partial charge in [-0.1, -0.05) is 33.1 Å². The second-order valence-electron chi connectivity index (χ2n) is 7.23. The van der Waals surface area contributed by atoms with Crippen LogP contribution in [-0.4, -0.2) is 48.8 Å². The molecule has 1 heterocycles. The van der Waals surface area contributed by atoms with E-state index in [9.17, 15) is 0 Å². The third kappa shape index (κ3) is 3.96. The third-order valence-corrected chi connectivity index (χ3v) is 5.18. The molecule has 2 fully saturated rings. The van der Waals surface area contributed by atoms with E-state index in [2.05, 4.69) is 37.9 Å². The minimum Gasteiger partial charge on any atom is -0.377 e. The van der Waals surface area contributed by atoms with Crippen LogP contribution in [0.5, 0.6) is 0 Å². The molecule has 20 heavy (non-hydrogen) atoms. The monoisotopic (exact) mass is 282 g/mol. The zero-order valence-electron chi connectivity index (χ0n) is 14.0. The van der Waals surface area contributed by atoms with Crippen LogP contribution in [-0.2, 0) is 4.74 Å². The van der Waals surface area contributed by atoms with Gasteiger partial charge in [-0.25, -0.2) is 0 Å². The van der Waals surface area contributed by atoms with Crippen LogP contribution in [0.3, 0.4) is 0 Å². The normalized spacial score (nSPS) is 28.9. The van der Waals surface area contributed by atoms with Crippen LogP contribution >= 0.6 is 0 Å². The fourth-order valence-electron chi connectivity index (χ4n) is 4.10. The Bertz CT molecular complexity index is 287. The topological polar surface area (TPSA) is 24.5 Å². The summed E-state index contributed by atoms with van der Waals surface area (Å²) >= 11 is 0. The van der Waals surface area contributed by atoms with Gasteiger partial charge in [-0.15, -0.1) is 0 Å². The van der Waals surface area contributed by atoms with E-state index >= 15 is 0 Å². The zero-order valence-corrected chi connectivity index (χ0v) is 14.0. The van der Waals surface area contributed by atoms with Gasteiger partial charge < -0.3 is 10.1 Å². The van der Waals surface area contributed by atoms with Crippen molar-refractivity contribution in [3.8, 4) is 0 Å². The lowest BCUT2D eigenvalue weighted by Gasteiger charge is -2.51. The Labute approximate surface area is 125 Å². The molecule has 1 aliphatic heterocycles. The molecule has 118 valence electrons. The van der Waals surface area contributed by atoms with Crippen LogP contribution in [0.25, 0.3) is 0 Å². The van der Waals surface area contributed by atoms with Crippen LogP contribution in [0.2, 0.25) is 0 Å². The van der Waals surface area contributed by atoms with E-state index in [0.29, 0.717) is 23.6 Å². The van der Waals surface area contributed by atoms with Gasteiger partial charge in [0, 0.05) is 37.8 Å². The van der Waals surface area contributed by atoms with E-state index in [1.807, 2.05) is 0 Å². The van der Waals surface area contributed by atoms with Crippen LogP contribution in [0.15, 0.2) is 0 Å². The predicted molar refractivity (Wildman–Crippen MR) is 85.1 cm³/mol. The number of rotatable bonds is 5. The van der Waals surface area contributed by atoms with Gasteiger partial charge in [0.25, 0.3) is 0 Å². The number of ether oxygens (including phenoxy) is 1. The second kappa shape index (κ2) is 7.24. The number of nitrogens with zero attached hydrogens (tertiary/aromatic N) is 1. The van der Waals surface area contributed by atoms with Crippen LogP contribution in [0.4, 0.5) is 0 Å². The van der Waals surface area contributed by atoms with Crippen molar-refractivity contribution in [1.29, 1.82) is 0 Å². The largest absolute Gasteiger partial charge is 0.377 e. The molecule has 3 heteroatoms. The van der Waals surface area contributed by atoms with Gasteiger partial charge in [0.2, 0.25) is 0 Å². The Morgan fingerprint density at radius 1 is 1.20 bits per heavy atom. The molecule has 2 atom stereocenters. The molecule has 3 nitrogen and oxygen atoms in total. The quantitative estimate of drug-likeness (QED) is 0.839. The molecule has 2 rings (SSSR count). The molecule has 1 spiro atoms. The van der Waals surface area contributed by atoms with Crippen molar-refractivity contribution >= 4 is 0 Å². The Morgan fingerprint density at radius 3 is 2.50 bits per heavy atom. The first-order chi connectivity index (χ1) is 9.56. The lowest BCUT2D eigenvalue weighted by atomic mass is 9.78. The highest BCUT2D eigenvalue weighted by Gasteiger charge is 2.40. The van der Waals surface area contributed by atoms with Gasteiger partial charge in [-0.2, -0.15) is 0 Å². The summed E-state index contributed by atoms with van der Waals surface area (Å²) in [5.74, 6) is 0.706. The maximum atomic E-state index is 5.79. The minimum atomic E-state index is 0.347. The van der Waals surface area contributed by atoms with Crippen LogP contribution in [0, 0.1) is 5.92 Å². The minimum absolute atomic E-state index is 0.347. The molecule has 0 aromatic carbocycles. The van der Waals surface area contributed by atoms with E-state index in [1.165, 1.54) is 38.6 Å². The van der Waals surface area contributed by atoms with Crippen molar-refractivity contribution in [3.05, 3.63) is 0 Å². The van der Waals surface area contributed by atoms with Crippen molar-refractivity contribution in [2.75, 3.05) is 26.2 Å². The summed E-state index contributed by atoms with van der Waals surface area (Å²) in [6.45, 7) is 13.3. The van der Waals surface area contributed by atoms with Crippen molar-refractivity contribution in [2.45, 2.75) is 77.5 Å². The molecule has 1 N–H and O–H groups in total. The summed E-state index contributed by atoms with van der Waals surface area (Å²) < 4.78 is 5.79. The summed E-state index contributed by atoms with van der Waals surface area (Å²) in [4.78, 5) is 2.72. The van der Waals surface area contributed by atoms with Gasteiger partial charge in [0.1, 0.15) is 0 Å².